The van der Waals surface area contributed by atoms with Gasteiger partial charge in [-0.15, -0.1) is 0 Å². The summed E-state index contributed by atoms with van der Waals surface area (Å²) in [5, 5.41) is 3.12. The summed E-state index contributed by atoms with van der Waals surface area (Å²) in [6.07, 6.45) is 4.58. The van der Waals surface area contributed by atoms with Gasteiger partial charge in [0.05, 0.1) is 0 Å². The molecule has 3 nitrogen and oxygen atoms in total. The molecule has 0 radical (unpaired) electrons. The maximum atomic E-state index is 5.95. The maximum absolute atomic E-state index is 5.95. The summed E-state index contributed by atoms with van der Waals surface area (Å²) in [5.74, 6) is 0.621. The van der Waals surface area contributed by atoms with Gasteiger partial charge in [-0.25, -0.2) is 0 Å². The predicted octanol–water partition coefficient (Wildman–Crippen LogP) is 0.688. The van der Waals surface area contributed by atoms with Gasteiger partial charge in [0.25, 0.3) is 0 Å². The lowest BCUT2D eigenvalue weighted by Gasteiger charge is -2.13. The van der Waals surface area contributed by atoms with Crippen molar-refractivity contribution in [1.29, 1.82) is 0 Å². The molecule has 0 saturated carbocycles. The highest BCUT2D eigenvalue weighted by Gasteiger charge is 2.05. The van der Waals surface area contributed by atoms with Crippen LogP contribution in [0.4, 0.5) is 0 Å². The standard InChI is InChI=1S/C10H25N3/c1-9(8-11)5-6-10(12)4-3-7-13-2/h9-10,13H,3-8,11-12H2,1-2H3. The second-order valence-electron chi connectivity index (χ2n) is 3.92. The molecule has 13 heavy (non-hydrogen) atoms. The predicted molar refractivity (Wildman–Crippen MR) is 58.6 cm³/mol. The molecule has 0 aromatic rings. The van der Waals surface area contributed by atoms with Gasteiger partial charge in [0.15, 0.2) is 0 Å². The molecule has 80 valence electrons. The van der Waals surface area contributed by atoms with Gasteiger partial charge in [0, 0.05) is 6.04 Å². The first-order valence-corrected chi connectivity index (χ1v) is 5.31. The minimum atomic E-state index is 0.363. The van der Waals surface area contributed by atoms with Crippen molar-refractivity contribution in [2.75, 3.05) is 20.1 Å². The van der Waals surface area contributed by atoms with Gasteiger partial charge < -0.3 is 16.8 Å². The van der Waals surface area contributed by atoms with Gasteiger partial charge in [-0.05, 0) is 51.7 Å². The monoisotopic (exact) mass is 187 g/mol. The van der Waals surface area contributed by atoms with E-state index in [1.54, 1.807) is 0 Å². The summed E-state index contributed by atoms with van der Waals surface area (Å²) in [6, 6.07) is 0.363. The lowest BCUT2D eigenvalue weighted by molar-refractivity contribution is 0.452. The SMILES string of the molecule is CNCCCC(N)CCC(C)CN. The quantitative estimate of drug-likeness (QED) is 0.490. The molecule has 0 fully saturated rings. The van der Waals surface area contributed by atoms with Crippen LogP contribution in [0.15, 0.2) is 0 Å². The van der Waals surface area contributed by atoms with E-state index in [2.05, 4.69) is 12.2 Å². The van der Waals surface area contributed by atoms with E-state index in [0.29, 0.717) is 12.0 Å². The molecule has 5 N–H and O–H groups in total. The first-order valence-electron chi connectivity index (χ1n) is 5.31. The highest BCUT2D eigenvalue weighted by Crippen LogP contribution is 2.08. The summed E-state index contributed by atoms with van der Waals surface area (Å²) in [6.45, 7) is 4.03. The number of nitrogens with two attached hydrogens (primary N) is 2. The zero-order valence-corrected chi connectivity index (χ0v) is 9.05. The Morgan fingerprint density at radius 3 is 2.46 bits per heavy atom. The number of rotatable bonds is 8. The summed E-state index contributed by atoms with van der Waals surface area (Å²) >= 11 is 0. The van der Waals surface area contributed by atoms with Crippen molar-refractivity contribution in [1.82, 2.24) is 5.32 Å². The lowest BCUT2D eigenvalue weighted by Crippen LogP contribution is -2.23. The van der Waals surface area contributed by atoms with Crippen LogP contribution in [-0.4, -0.2) is 26.2 Å². The van der Waals surface area contributed by atoms with E-state index in [0.717, 1.165) is 32.4 Å². The van der Waals surface area contributed by atoms with E-state index in [1.807, 2.05) is 7.05 Å². The molecule has 0 amide bonds. The van der Waals surface area contributed by atoms with Gasteiger partial charge in [-0.2, -0.15) is 0 Å². The molecule has 0 rings (SSSR count). The molecule has 3 heteroatoms. The van der Waals surface area contributed by atoms with Crippen molar-refractivity contribution in [3.63, 3.8) is 0 Å². The van der Waals surface area contributed by atoms with Crippen LogP contribution >= 0.6 is 0 Å². The first-order chi connectivity index (χ1) is 6.20. The van der Waals surface area contributed by atoms with Crippen LogP contribution in [0.1, 0.15) is 32.6 Å². The molecule has 0 aliphatic heterocycles. The van der Waals surface area contributed by atoms with Gasteiger partial charge in [-0.1, -0.05) is 6.92 Å². The molecule has 0 spiro atoms. The average molecular weight is 187 g/mol. The lowest BCUT2D eigenvalue weighted by atomic mass is 9.99. The molecule has 0 bridgehead atoms. The van der Waals surface area contributed by atoms with Crippen LogP contribution < -0.4 is 16.8 Å². The fourth-order valence-corrected chi connectivity index (χ4v) is 1.30. The Morgan fingerprint density at radius 1 is 1.23 bits per heavy atom. The van der Waals surface area contributed by atoms with E-state index in [1.165, 1.54) is 6.42 Å². The largest absolute Gasteiger partial charge is 0.330 e. The second kappa shape index (κ2) is 8.48. The van der Waals surface area contributed by atoms with Crippen LogP contribution in [0, 0.1) is 5.92 Å². The molecule has 2 unspecified atom stereocenters. The number of hydrogen-bond acceptors (Lipinski definition) is 3. The van der Waals surface area contributed by atoms with Crippen molar-refractivity contribution in [3.05, 3.63) is 0 Å². The molecular formula is C10H25N3. The summed E-state index contributed by atoms with van der Waals surface area (Å²) in [7, 11) is 1.97. The number of nitrogens with one attached hydrogen (secondary N) is 1. The van der Waals surface area contributed by atoms with Gasteiger partial charge in [-0.3, -0.25) is 0 Å². The first kappa shape index (κ1) is 12.9. The molecule has 0 aromatic carbocycles. The summed E-state index contributed by atoms with van der Waals surface area (Å²) < 4.78 is 0. The van der Waals surface area contributed by atoms with Crippen LogP contribution in [0.2, 0.25) is 0 Å². The highest BCUT2D eigenvalue weighted by molar-refractivity contribution is 4.64. The van der Waals surface area contributed by atoms with Crippen molar-refractivity contribution in [2.24, 2.45) is 17.4 Å². The van der Waals surface area contributed by atoms with Crippen LogP contribution in [0.25, 0.3) is 0 Å². The Balaban J connectivity index is 3.24. The van der Waals surface area contributed by atoms with Crippen molar-refractivity contribution < 1.29 is 0 Å². The molecule has 0 aromatic heterocycles. The van der Waals surface area contributed by atoms with E-state index in [9.17, 15) is 0 Å². The fraction of sp³-hybridized carbons (Fsp3) is 1.00. The Hall–Kier alpha value is -0.120. The molecule has 0 heterocycles. The Kier molecular flexibility index (Phi) is 8.40. The fourth-order valence-electron chi connectivity index (χ4n) is 1.30. The van der Waals surface area contributed by atoms with Crippen LogP contribution in [-0.2, 0) is 0 Å². The third-order valence-corrected chi connectivity index (χ3v) is 2.43. The maximum Gasteiger partial charge on any atom is 0.00394 e. The van der Waals surface area contributed by atoms with Gasteiger partial charge >= 0.3 is 0 Å². The zero-order valence-electron chi connectivity index (χ0n) is 9.05. The normalized spacial score (nSPS) is 15.7. The molecule has 2 atom stereocenters. The Labute approximate surface area is 82.3 Å². The molecule has 0 aliphatic carbocycles. The zero-order chi connectivity index (χ0) is 10.1. The average Bonchev–Trinajstić information content (AvgIpc) is 2.14. The second-order valence-corrected chi connectivity index (χ2v) is 3.92. The van der Waals surface area contributed by atoms with Crippen LogP contribution in [0.5, 0.6) is 0 Å². The topological polar surface area (TPSA) is 64.1 Å². The van der Waals surface area contributed by atoms with E-state index in [-0.39, 0.29) is 0 Å². The minimum Gasteiger partial charge on any atom is -0.330 e. The third kappa shape index (κ3) is 8.22. The van der Waals surface area contributed by atoms with Gasteiger partial charge in [0.1, 0.15) is 0 Å². The molecular weight excluding hydrogens is 162 g/mol. The third-order valence-electron chi connectivity index (χ3n) is 2.43. The molecule has 0 aliphatic rings. The minimum absolute atomic E-state index is 0.363. The highest BCUT2D eigenvalue weighted by atomic mass is 14.8. The Bertz CT molecular complexity index is 106. The smallest absolute Gasteiger partial charge is 0.00394 e. The molecule has 0 saturated heterocycles. The van der Waals surface area contributed by atoms with E-state index in [4.69, 9.17) is 11.5 Å². The Morgan fingerprint density at radius 2 is 1.92 bits per heavy atom. The van der Waals surface area contributed by atoms with Gasteiger partial charge in [0.2, 0.25) is 0 Å². The number of hydrogen-bond donors (Lipinski definition) is 3. The van der Waals surface area contributed by atoms with Crippen LogP contribution in [0.3, 0.4) is 0 Å². The summed E-state index contributed by atoms with van der Waals surface area (Å²) in [5.41, 5.74) is 11.5. The van der Waals surface area contributed by atoms with E-state index >= 15 is 0 Å². The van der Waals surface area contributed by atoms with Crippen molar-refractivity contribution in [3.8, 4) is 0 Å². The van der Waals surface area contributed by atoms with Crippen molar-refractivity contribution in [2.45, 2.75) is 38.6 Å². The summed E-state index contributed by atoms with van der Waals surface area (Å²) in [4.78, 5) is 0. The van der Waals surface area contributed by atoms with E-state index < -0.39 is 0 Å². The van der Waals surface area contributed by atoms with Crippen molar-refractivity contribution >= 4 is 0 Å².